The number of hydrogen-bond acceptors (Lipinski definition) is 2. The lowest BCUT2D eigenvalue weighted by molar-refractivity contribution is 0.616. The van der Waals surface area contributed by atoms with E-state index in [9.17, 15) is 4.39 Å². The predicted molar refractivity (Wildman–Crippen MR) is 77.8 cm³/mol. The third-order valence-electron chi connectivity index (χ3n) is 3.32. The summed E-state index contributed by atoms with van der Waals surface area (Å²) >= 11 is 6.22. The van der Waals surface area contributed by atoms with Crippen molar-refractivity contribution >= 4 is 22.6 Å². The molecule has 3 aromatic rings. The van der Waals surface area contributed by atoms with Gasteiger partial charge in [0.05, 0.1) is 22.8 Å². The highest BCUT2D eigenvalue weighted by atomic mass is 35.5. The second kappa shape index (κ2) is 4.87. The van der Waals surface area contributed by atoms with E-state index in [2.05, 4.69) is 9.97 Å². The molecule has 0 fully saturated rings. The van der Waals surface area contributed by atoms with Crippen LogP contribution >= 0.6 is 11.6 Å². The van der Waals surface area contributed by atoms with Gasteiger partial charge in [0.15, 0.2) is 0 Å². The molecule has 0 saturated carbocycles. The van der Waals surface area contributed by atoms with Gasteiger partial charge in [-0.25, -0.2) is 9.37 Å². The number of aromatic nitrogens is 3. The average Bonchev–Trinajstić information content (AvgIpc) is 2.81. The maximum absolute atomic E-state index is 13.8. The third kappa shape index (κ3) is 1.96. The Bertz CT molecular complexity index is 780. The number of halogens is 2. The number of benzene rings is 1. The van der Waals surface area contributed by atoms with Gasteiger partial charge in [-0.15, -0.1) is 11.6 Å². The lowest BCUT2D eigenvalue weighted by Crippen LogP contribution is -2.04. The first-order valence-corrected chi connectivity index (χ1v) is 6.75. The molecular weight excluding hydrogens is 277 g/mol. The van der Waals surface area contributed by atoms with Crippen LogP contribution in [0.2, 0.25) is 0 Å². The number of pyridine rings is 1. The van der Waals surface area contributed by atoms with Crippen LogP contribution in [0.5, 0.6) is 0 Å². The second-order valence-corrected chi connectivity index (χ2v) is 5.32. The van der Waals surface area contributed by atoms with Gasteiger partial charge < -0.3 is 0 Å². The van der Waals surface area contributed by atoms with Crippen LogP contribution in [0.4, 0.5) is 4.39 Å². The van der Waals surface area contributed by atoms with E-state index in [1.807, 2.05) is 23.6 Å². The average molecular weight is 290 g/mol. The zero-order chi connectivity index (χ0) is 14.3. The number of fused-ring (bicyclic) bond motifs is 1. The van der Waals surface area contributed by atoms with Gasteiger partial charge in [-0.1, -0.05) is 6.07 Å². The van der Waals surface area contributed by atoms with E-state index >= 15 is 0 Å². The van der Waals surface area contributed by atoms with Crippen molar-refractivity contribution in [2.75, 3.05) is 0 Å². The highest BCUT2D eigenvalue weighted by molar-refractivity contribution is 6.20. The largest absolute Gasteiger partial charge is 0.295 e. The fourth-order valence-corrected chi connectivity index (χ4v) is 2.46. The standard InChI is InChI=1S/C15H13ClFN3/c1-9-11(17)4-3-5-13(9)20-14-6-7-18-8-12(14)19-15(20)10(2)16/h3-8,10H,1-2H3. The summed E-state index contributed by atoms with van der Waals surface area (Å²) < 4.78 is 15.7. The summed E-state index contributed by atoms with van der Waals surface area (Å²) in [7, 11) is 0. The molecule has 3 rings (SSSR count). The summed E-state index contributed by atoms with van der Waals surface area (Å²) in [5, 5.41) is -0.287. The normalized spacial score (nSPS) is 12.8. The molecule has 1 unspecified atom stereocenters. The number of rotatable bonds is 2. The number of nitrogens with zero attached hydrogens (tertiary/aromatic N) is 3. The highest BCUT2D eigenvalue weighted by Crippen LogP contribution is 2.29. The minimum atomic E-state index is -0.287. The fourth-order valence-electron chi connectivity index (χ4n) is 2.31. The van der Waals surface area contributed by atoms with Crippen LogP contribution in [0, 0.1) is 12.7 Å². The first kappa shape index (κ1) is 13.1. The molecular formula is C15H13ClFN3. The van der Waals surface area contributed by atoms with Crippen LogP contribution in [0.15, 0.2) is 36.7 Å². The Morgan fingerprint density at radius 2 is 2.10 bits per heavy atom. The summed E-state index contributed by atoms with van der Waals surface area (Å²) in [6.45, 7) is 3.60. The molecule has 102 valence electrons. The smallest absolute Gasteiger partial charge is 0.132 e. The van der Waals surface area contributed by atoms with E-state index in [0.29, 0.717) is 11.4 Å². The van der Waals surface area contributed by atoms with Crippen LogP contribution in [-0.2, 0) is 0 Å². The molecule has 0 saturated heterocycles. The van der Waals surface area contributed by atoms with Crippen LogP contribution in [0.25, 0.3) is 16.7 Å². The lowest BCUT2D eigenvalue weighted by atomic mass is 10.2. The number of imidazole rings is 1. The molecule has 0 spiro atoms. The van der Waals surface area contributed by atoms with Gasteiger partial charge in [0.2, 0.25) is 0 Å². The number of hydrogen-bond donors (Lipinski definition) is 0. The molecule has 0 aliphatic carbocycles. The summed E-state index contributed by atoms with van der Waals surface area (Å²) in [5.74, 6) is 0.440. The number of alkyl halides is 1. The van der Waals surface area contributed by atoms with Crippen LogP contribution < -0.4 is 0 Å². The molecule has 20 heavy (non-hydrogen) atoms. The highest BCUT2D eigenvalue weighted by Gasteiger charge is 2.18. The van der Waals surface area contributed by atoms with E-state index in [-0.39, 0.29) is 11.2 Å². The minimum Gasteiger partial charge on any atom is -0.295 e. The Morgan fingerprint density at radius 3 is 2.85 bits per heavy atom. The van der Waals surface area contributed by atoms with E-state index in [1.165, 1.54) is 6.07 Å². The molecule has 5 heteroatoms. The van der Waals surface area contributed by atoms with Gasteiger partial charge in [0.1, 0.15) is 17.2 Å². The van der Waals surface area contributed by atoms with E-state index in [1.54, 1.807) is 25.4 Å². The van der Waals surface area contributed by atoms with Crippen LogP contribution in [-0.4, -0.2) is 14.5 Å². The zero-order valence-corrected chi connectivity index (χ0v) is 11.9. The van der Waals surface area contributed by atoms with E-state index < -0.39 is 0 Å². The molecule has 3 nitrogen and oxygen atoms in total. The molecule has 0 N–H and O–H groups in total. The predicted octanol–water partition coefficient (Wildman–Crippen LogP) is 4.17. The quantitative estimate of drug-likeness (QED) is 0.663. The zero-order valence-electron chi connectivity index (χ0n) is 11.1. The van der Waals surface area contributed by atoms with Crippen molar-refractivity contribution in [1.29, 1.82) is 0 Å². The first-order chi connectivity index (χ1) is 9.59. The molecule has 1 atom stereocenters. The molecule has 2 aromatic heterocycles. The van der Waals surface area contributed by atoms with Crippen molar-refractivity contribution in [2.24, 2.45) is 0 Å². The summed E-state index contributed by atoms with van der Waals surface area (Å²) in [4.78, 5) is 8.57. The van der Waals surface area contributed by atoms with Crippen molar-refractivity contribution in [3.8, 4) is 5.69 Å². The minimum absolute atomic E-state index is 0.244. The summed E-state index contributed by atoms with van der Waals surface area (Å²) in [6, 6.07) is 6.86. The van der Waals surface area contributed by atoms with Crippen LogP contribution in [0.1, 0.15) is 23.7 Å². The maximum Gasteiger partial charge on any atom is 0.132 e. The molecule has 0 radical (unpaired) electrons. The second-order valence-electron chi connectivity index (χ2n) is 4.67. The molecule has 0 amide bonds. The van der Waals surface area contributed by atoms with Crippen molar-refractivity contribution in [3.05, 3.63) is 53.9 Å². The fraction of sp³-hybridized carbons (Fsp3) is 0.200. The van der Waals surface area contributed by atoms with Crippen molar-refractivity contribution in [2.45, 2.75) is 19.2 Å². The SMILES string of the molecule is Cc1c(F)cccc1-n1c(C(C)Cl)nc2cnccc21. The van der Waals surface area contributed by atoms with Gasteiger partial charge in [-0.05, 0) is 32.0 Å². The van der Waals surface area contributed by atoms with Crippen molar-refractivity contribution in [1.82, 2.24) is 14.5 Å². The van der Waals surface area contributed by atoms with Crippen molar-refractivity contribution in [3.63, 3.8) is 0 Å². The van der Waals surface area contributed by atoms with Gasteiger partial charge in [-0.3, -0.25) is 9.55 Å². The first-order valence-electron chi connectivity index (χ1n) is 6.31. The van der Waals surface area contributed by atoms with E-state index in [4.69, 9.17) is 11.6 Å². The Kier molecular flexibility index (Phi) is 3.18. The van der Waals surface area contributed by atoms with Gasteiger partial charge in [0.25, 0.3) is 0 Å². The van der Waals surface area contributed by atoms with Gasteiger partial charge >= 0.3 is 0 Å². The van der Waals surface area contributed by atoms with Crippen LogP contribution in [0.3, 0.4) is 0 Å². The molecule has 2 heterocycles. The molecule has 0 aliphatic rings. The van der Waals surface area contributed by atoms with Crippen molar-refractivity contribution < 1.29 is 4.39 Å². The van der Waals surface area contributed by atoms with E-state index in [0.717, 1.165) is 16.7 Å². The Morgan fingerprint density at radius 1 is 1.30 bits per heavy atom. The third-order valence-corrected chi connectivity index (χ3v) is 3.51. The Labute approximate surface area is 121 Å². The lowest BCUT2D eigenvalue weighted by Gasteiger charge is -2.13. The topological polar surface area (TPSA) is 30.7 Å². The Hall–Kier alpha value is -1.94. The molecule has 0 aliphatic heterocycles. The Balaban J connectivity index is 2.39. The summed E-state index contributed by atoms with van der Waals surface area (Å²) in [5.41, 5.74) is 2.94. The summed E-state index contributed by atoms with van der Waals surface area (Å²) in [6.07, 6.45) is 3.38. The van der Waals surface area contributed by atoms with Gasteiger partial charge in [0, 0.05) is 11.8 Å². The van der Waals surface area contributed by atoms with Gasteiger partial charge in [-0.2, -0.15) is 0 Å². The molecule has 1 aromatic carbocycles. The monoisotopic (exact) mass is 289 g/mol. The maximum atomic E-state index is 13.8. The molecule has 0 bridgehead atoms.